The lowest BCUT2D eigenvalue weighted by Crippen LogP contribution is -2.56. The predicted molar refractivity (Wildman–Crippen MR) is 87.4 cm³/mol. The number of halogens is 1. The van der Waals surface area contributed by atoms with Crippen molar-refractivity contribution in [3.05, 3.63) is 26.3 Å². The molecule has 0 saturated carbocycles. The van der Waals surface area contributed by atoms with Gasteiger partial charge in [0.25, 0.3) is 5.91 Å². The number of nitroso groups, excluding NO2 is 1. The van der Waals surface area contributed by atoms with Gasteiger partial charge in [0.1, 0.15) is 15.7 Å². The first-order valence-electron chi connectivity index (χ1n) is 7.17. The lowest BCUT2D eigenvalue weighted by atomic mass is 9.90. The van der Waals surface area contributed by atoms with Gasteiger partial charge in [0.15, 0.2) is 5.13 Å². The zero-order chi connectivity index (χ0) is 18.3. The summed E-state index contributed by atoms with van der Waals surface area (Å²) < 4.78 is 0.0475. The number of carboxylic acids is 1. The molecule has 0 aromatic carbocycles. The van der Waals surface area contributed by atoms with Gasteiger partial charge in [-0.2, -0.15) is 0 Å². The van der Waals surface area contributed by atoms with Crippen molar-refractivity contribution >= 4 is 45.9 Å². The zero-order valence-electron chi connectivity index (χ0n) is 12.6. The molecule has 2 atom stereocenters. The maximum atomic E-state index is 12.4. The van der Waals surface area contributed by atoms with E-state index in [-0.39, 0.29) is 51.3 Å². The summed E-state index contributed by atoms with van der Waals surface area (Å²) in [4.78, 5) is 51.6. The van der Waals surface area contributed by atoms with E-state index in [1.54, 1.807) is 0 Å². The van der Waals surface area contributed by atoms with Gasteiger partial charge in [0, 0.05) is 18.2 Å². The second kappa shape index (κ2) is 6.41. The average molecular weight is 386 g/mol. The molecule has 3 heterocycles. The molecule has 1 fully saturated rings. The van der Waals surface area contributed by atoms with Gasteiger partial charge < -0.3 is 21.1 Å². The van der Waals surface area contributed by atoms with E-state index in [9.17, 15) is 24.4 Å². The fraction of sp³-hybridized carbons (Fsp3) is 0.385. The molecule has 12 heteroatoms. The average Bonchev–Trinajstić information content (AvgIpc) is 2.86. The standard InChI is InChI=1S/C13H12ClN5O5S/c14-10-7(17-13(15)25-10)8(18-24)11(21)16-5-2-1-4-3-6(20)19(4)9(5)12(22)23/h4,8H,1-3H2,(H2,15,17)(H,16,21)(H,22,23). The van der Waals surface area contributed by atoms with Gasteiger partial charge in [-0.15, -0.1) is 4.91 Å². The number of aromatic nitrogens is 1. The third-order valence-corrected chi connectivity index (χ3v) is 5.13. The SMILES string of the molecule is Nc1nc(C(N=O)C(=O)NC2=C(C(=O)O)N3C(=O)CC3CC2)c(Cl)s1. The molecular weight excluding hydrogens is 374 g/mol. The second-order valence-corrected chi connectivity index (χ2v) is 7.13. The fourth-order valence-electron chi connectivity index (χ4n) is 2.89. The number of thiazole rings is 1. The third kappa shape index (κ3) is 2.96. The summed E-state index contributed by atoms with van der Waals surface area (Å²) in [6.45, 7) is 0. The van der Waals surface area contributed by atoms with E-state index in [4.69, 9.17) is 17.3 Å². The van der Waals surface area contributed by atoms with Crippen LogP contribution >= 0.6 is 22.9 Å². The number of fused-ring (bicyclic) bond motifs is 1. The van der Waals surface area contributed by atoms with Crippen LogP contribution < -0.4 is 11.1 Å². The van der Waals surface area contributed by atoms with Gasteiger partial charge in [-0.1, -0.05) is 22.9 Å². The summed E-state index contributed by atoms with van der Waals surface area (Å²) in [7, 11) is 0. The summed E-state index contributed by atoms with van der Waals surface area (Å²) >= 11 is 6.78. The summed E-state index contributed by atoms with van der Waals surface area (Å²) in [6, 6.07) is -1.75. The van der Waals surface area contributed by atoms with Gasteiger partial charge in [-0.05, 0) is 18.0 Å². The van der Waals surface area contributed by atoms with E-state index >= 15 is 0 Å². The predicted octanol–water partition coefficient (Wildman–Crippen LogP) is 0.993. The van der Waals surface area contributed by atoms with Crippen molar-refractivity contribution in [2.45, 2.75) is 31.3 Å². The van der Waals surface area contributed by atoms with E-state index < -0.39 is 17.9 Å². The van der Waals surface area contributed by atoms with Crippen LogP contribution in [0.25, 0.3) is 0 Å². The van der Waals surface area contributed by atoms with Crippen molar-refractivity contribution in [2.75, 3.05) is 5.73 Å². The van der Waals surface area contributed by atoms with E-state index in [2.05, 4.69) is 15.5 Å². The number of allylic oxidation sites excluding steroid dienone is 1. The number of aliphatic carboxylic acids is 1. The van der Waals surface area contributed by atoms with Crippen LogP contribution in [0.15, 0.2) is 16.6 Å². The van der Waals surface area contributed by atoms with Crippen molar-refractivity contribution < 1.29 is 19.5 Å². The molecule has 3 rings (SSSR count). The number of hydrogen-bond acceptors (Lipinski definition) is 8. The summed E-state index contributed by atoms with van der Waals surface area (Å²) in [6.07, 6.45) is 1.05. The first-order valence-corrected chi connectivity index (χ1v) is 8.36. The van der Waals surface area contributed by atoms with Crippen LogP contribution in [0.4, 0.5) is 5.13 Å². The quantitative estimate of drug-likeness (QED) is 0.504. The molecule has 2 aliphatic rings. The highest BCUT2D eigenvalue weighted by molar-refractivity contribution is 7.19. The minimum Gasteiger partial charge on any atom is -0.477 e. The van der Waals surface area contributed by atoms with E-state index in [1.165, 1.54) is 0 Å². The number of β-lactam (4-membered cyclic amide) rings is 1. The summed E-state index contributed by atoms with van der Waals surface area (Å²) in [5, 5.41) is 14.6. The smallest absolute Gasteiger partial charge is 0.354 e. The number of nitrogens with one attached hydrogen (secondary N) is 1. The maximum absolute atomic E-state index is 12.4. The van der Waals surface area contributed by atoms with Gasteiger partial charge in [0.05, 0.1) is 0 Å². The van der Waals surface area contributed by atoms with Crippen molar-refractivity contribution in [2.24, 2.45) is 5.18 Å². The Hall–Kier alpha value is -2.53. The number of nitrogens with two attached hydrogens (primary N) is 1. The number of anilines is 1. The number of carbonyl (C=O) groups excluding carboxylic acids is 2. The lowest BCUT2D eigenvalue weighted by molar-refractivity contribution is -0.150. The van der Waals surface area contributed by atoms with E-state index in [0.29, 0.717) is 6.42 Å². The fourth-order valence-corrected chi connectivity index (χ4v) is 3.86. The van der Waals surface area contributed by atoms with E-state index in [1.807, 2.05) is 0 Å². The van der Waals surface area contributed by atoms with Crippen LogP contribution in [0.5, 0.6) is 0 Å². The van der Waals surface area contributed by atoms with Crippen molar-refractivity contribution in [3.63, 3.8) is 0 Å². The lowest BCUT2D eigenvalue weighted by Gasteiger charge is -2.44. The Labute approximate surface area is 149 Å². The first-order chi connectivity index (χ1) is 11.8. The van der Waals surface area contributed by atoms with E-state index in [0.717, 1.165) is 16.2 Å². The van der Waals surface area contributed by atoms with Gasteiger partial charge in [-0.3, -0.25) is 9.59 Å². The highest BCUT2D eigenvalue weighted by atomic mass is 35.5. The molecule has 2 aliphatic heterocycles. The number of carbonyl (C=O) groups is 3. The van der Waals surface area contributed by atoms with Crippen LogP contribution in [-0.4, -0.2) is 38.8 Å². The molecule has 132 valence electrons. The van der Waals surface area contributed by atoms with Crippen LogP contribution in [0.1, 0.15) is 31.0 Å². The molecule has 1 saturated heterocycles. The molecular formula is C13H12ClN5O5S. The second-order valence-electron chi connectivity index (χ2n) is 5.50. The molecule has 0 bridgehead atoms. The molecule has 1 aromatic heterocycles. The van der Waals surface area contributed by atoms with Crippen LogP contribution in [0.2, 0.25) is 4.34 Å². The van der Waals surface area contributed by atoms with Crippen molar-refractivity contribution in [3.8, 4) is 0 Å². The van der Waals surface area contributed by atoms with Crippen LogP contribution in [0, 0.1) is 4.91 Å². The summed E-state index contributed by atoms with van der Waals surface area (Å²) in [5.41, 5.74) is 5.16. The minimum absolute atomic E-state index is 0.0475. The monoisotopic (exact) mass is 385 g/mol. The summed E-state index contributed by atoms with van der Waals surface area (Å²) in [5.74, 6) is -2.55. The Morgan fingerprint density at radius 1 is 1.52 bits per heavy atom. The molecule has 10 nitrogen and oxygen atoms in total. The van der Waals surface area contributed by atoms with Crippen LogP contribution in [0.3, 0.4) is 0 Å². The molecule has 0 spiro atoms. The highest BCUT2D eigenvalue weighted by Crippen LogP contribution is 2.36. The number of amides is 2. The van der Waals surface area contributed by atoms with Crippen molar-refractivity contribution in [1.29, 1.82) is 0 Å². The minimum atomic E-state index is -1.58. The third-order valence-electron chi connectivity index (χ3n) is 4.01. The molecule has 2 unspecified atom stereocenters. The normalized spacial score (nSPS) is 20.6. The zero-order valence-corrected chi connectivity index (χ0v) is 14.1. The molecule has 2 amide bonds. The number of nitrogens with zero attached hydrogens (tertiary/aromatic N) is 3. The topological polar surface area (TPSA) is 155 Å². The van der Waals surface area contributed by atoms with Gasteiger partial charge >= 0.3 is 5.97 Å². The number of carboxylic acid groups (broad SMARTS) is 1. The Bertz CT molecular complexity index is 822. The van der Waals surface area contributed by atoms with Crippen LogP contribution in [-0.2, 0) is 14.4 Å². The number of rotatable bonds is 5. The maximum Gasteiger partial charge on any atom is 0.354 e. The number of nitrogen functional groups attached to an aromatic ring is 1. The molecule has 0 radical (unpaired) electrons. The molecule has 1 aromatic rings. The highest BCUT2D eigenvalue weighted by Gasteiger charge is 2.45. The molecule has 0 aliphatic carbocycles. The Morgan fingerprint density at radius 3 is 2.76 bits per heavy atom. The largest absolute Gasteiger partial charge is 0.477 e. The number of hydrogen-bond donors (Lipinski definition) is 3. The Kier molecular flexibility index (Phi) is 4.43. The van der Waals surface area contributed by atoms with Crippen molar-refractivity contribution in [1.82, 2.24) is 15.2 Å². The Balaban J connectivity index is 1.88. The molecule has 4 N–H and O–H groups in total. The molecule has 25 heavy (non-hydrogen) atoms. The van der Waals surface area contributed by atoms with Gasteiger partial charge in [-0.25, -0.2) is 9.78 Å². The Morgan fingerprint density at radius 2 is 2.24 bits per heavy atom. The first kappa shape index (κ1) is 17.3. The van der Waals surface area contributed by atoms with Gasteiger partial charge in [0.2, 0.25) is 11.9 Å².